The first-order valence-corrected chi connectivity index (χ1v) is 14.2. The molecular formula is C31H45N3O7. The summed E-state index contributed by atoms with van der Waals surface area (Å²) in [5.41, 5.74) is 3.24. The molecule has 3 atom stereocenters. The fraction of sp³-hybridized carbons (Fsp3) is 0.548. The summed E-state index contributed by atoms with van der Waals surface area (Å²) in [6.07, 6.45) is 2.14. The number of amides is 2. The number of rotatable bonds is 16. The van der Waals surface area contributed by atoms with Gasteiger partial charge in [0.25, 0.3) is 5.91 Å². The monoisotopic (exact) mass is 571 g/mol. The van der Waals surface area contributed by atoms with Gasteiger partial charge >= 0.3 is 6.09 Å². The Labute approximate surface area is 243 Å². The lowest BCUT2D eigenvalue weighted by Crippen LogP contribution is -2.41. The van der Waals surface area contributed by atoms with Gasteiger partial charge in [-0.15, -0.1) is 0 Å². The van der Waals surface area contributed by atoms with Gasteiger partial charge in [0.1, 0.15) is 18.5 Å². The van der Waals surface area contributed by atoms with Crippen LogP contribution in [0.25, 0.3) is 0 Å². The van der Waals surface area contributed by atoms with Crippen molar-refractivity contribution in [1.82, 2.24) is 16.0 Å². The molecule has 1 fully saturated rings. The van der Waals surface area contributed by atoms with E-state index in [1.54, 1.807) is 13.2 Å². The highest BCUT2D eigenvalue weighted by atomic mass is 16.5. The minimum atomic E-state index is -0.524. The van der Waals surface area contributed by atoms with Gasteiger partial charge in [-0.2, -0.15) is 0 Å². The Bertz CT molecular complexity index is 1090. The Morgan fingerprint density at radius 2 is 1.90 bits per heavy atom. The van der Waals surface area contributed by atoms with Crippen LogP contribution < -0.4 is 20.7 Å². The highest BCUT2D eigenvalue weighted by Crippen LogP contribution is 2.31. The first kappa shape index (κ1) is 32.3. The largest absolute Gasteiger partial charge is 0.491 e. The smallest absolute Gasteiger partial charge is 0.406 e. The number of methoxy groups -OCH3 is 2. The lowest BCUT2D eigenvalue weighted by atomic mass is 9.94. The number of aryl methyl sites for hydroxylation is 1. The minimum absolute atomic E-state index is 0.136. The van der Waals surface area contributed by atoms with Crippen molar-refractivity contribution < 1.29 is 33.3 Å². The first-order chi connectivity index (χ1) is 19.9. The van der Waals surface area contributed by atoms with Gasteiger partial charge in [-0.1, -0.05) is 29.8 Å². The van der Waals surface area contributed by atoms with E-state index < -0.39 is 12.2 Å². The second kappa shape index (κ2) is 17.6. The van der Waals surface area contributed by atoms with Crippen LogP contribution in [0.4, 0.5) is 4.79 Å². The molecule has 10 nitrogen and oxygen atoms in total. The molecule has 1 saturated heterocycles. The van der Waals surface area contributed by atoms with E-state index in [-0.39, 0.29) is 25.1 Å². The summed E-state index contributed by atoms with van der Waals surface area (Å²) >= 11 is 0. The molecule has 3 N–H and O–H groups in total. The molecule has 0 saturated carbocycles. The van der Waals surface area contributed by atoms with Crippen molar-refractivity contribution >= 4 is 12.0 Å². The van der Waals surface area contributed by atoms with Gasteiger partial charge in [-0.3, -0.25) is 4.79 Å². The van der Waals surface area contributed by atoms with Crippen LogP contribution in [-0.2, 0) is 18.9 Å². The fourth-order valence-electron chi connectivity index (χ4n) is 4.87. The predicted octanol–water partition coefficient (Wildman–Crippen LogP) is 3.62. The van der Waals surface area contributed by atoms with E-state index in [4.69, 9.17) is 18.9 Å². The molecule has 0 spiro atoms. The third kappa shape index (κ3) is 11.0. The average Bonchev–Trinajstić information content (AvgIpc) is 2.99. The molecule has 0 radical (unpaired) electrons. The maximum absolute atomic E-state index is 13.4. The zero-order valence-electron chi connectivity index (χ0n) is 24.7. The van der Waals surface area contributed by atoms with Crippen LogP contribution in [0.5, 0.6) is 5.75 Å². The number of hydrogen-bond donors (Lipinski definition) is 3. The summed E-state index contributed by atoms with van der Waals surface area (Å²) in [6, 6.07) is 13.6. The summed E-state index contributed by atoms with van der Waals surface area (Å²) < 4.78 is 27.6. The standard InChI is InChI=1S/C31H45N3O7/c1-22-7-5-9-24(15-22)29(41-12-10-33-31(36)38-4)25-17-26(19-28(18-25)40-14-13-37-3)30(35)34-20-27(32-2)16-23-8-6-11-39-21-23/h5,7,9,15,17-19,23,27,29,32H,6,8,10-14,16,20-21H2,1-4H3,(H,33,36)(H,34,35)/t23-,27?,29?/m1/s1. The topological polar surface area (TPSA) is 116 Å². The Morgan fingerprint density at radius 1 is 1.05 bits per heavy atom. The summed E-state index contributed by atoms with van der Waals surface area (Å²) in [5, 5.41) is 9.06. The van der Waals surface area contributed by atoms with Crippen molar-refractivity contribution in [3.8, 4) is 5.75 Å². The fourth-order valence-corrected chi connectivity index (χ4v) is 4.87. The lowest BCUT2D eigenvalue weighted by molar-refractivity contribution is 0.0478. The van der Waals surface area contributed by atoms with Crippen LogP contribution in [0.2, 0.25) is 0 Å². The van der Waals surface area contributed by atoms with Crippen LogP contribution in [-0.4, -0.2) is 85.4 Å². The van der Waals surface area contributed by atoms with Crippen molar-refractivity contribution in [3.63, 3.8) is 0 Å². The Morgan fingerprint density at radius 3 is 2.61 bits per heavy atom. The molecule has 1 heterocycles. The number of carbonyl (C=O) groups excluding carboxylic acids is 2. The van der Waals surface area contributed by atoms with E-state index >= 15 is 0 Å². The number of ether oxygens (including phenoxy) is 5. The molecule has 2 amide bonds. The van der Waals surface area contributed by atoms with Gasteiger partial charge in [0, 0.05) is 45.0 Å². The number of hydrogen-bond acceptors (Lipinski definition) is 8. The summed E-state index contributed by atoms with van der Waals surface area (Å²) in [7, 11) is 4.85. The van der Waals surface area contributed by atoms with Crippen molar-refractivity contribution in [2.75, 3.05) is 67.4 Å². The Kier molecular flexibility index (Phi) is 13.9. The molecule has 0 aromatic heterocycles. The van der Waals surface area contributed by atoms with Crippen molar-refractivity contribution in [1.29, 1.82) is 0 Å². The second-order valence-corrected chi connectivity index (χ2v) is 10.2. The summed E-state index contributed by atoms with van der Waals surface area (Å²) in [5.74, 6) is 0.838. The van der Waals surface area contributed by atoms with Crippen LogP contribution in [0.3, 0.4) is 0 Å². The number of likely N-dealkylation sites (N-methyl/N-ethyl adjacent to an activating group) is 1. The predicted molar refractivity (Wildman–Crippen MR) is 157 cm³/mol. The second-order valence-electron chi connectivity index (χ2n) is 10.2. The molecule has 10 heteroatoms. The number of nitrogens with one attached hydrogen (secondary N) is 3. The van der Waals surface area contributed by atoms with Gasteiger partial charge in [0.2, 0.25) is 0 Å². The van der Waals surface area contributed by atoms with E-state index in [9.17, 15) is 9.59 Å². The SMILES string of the molecule is CNC(CNC(=O)c1cc(OCCOC)cc(C(OCCNC(=O)OC)c2cccc(C)c2)c1)C[C@H]1CCCOC1. The lowest BCUT2D eigenvalue weighted by Gasteiger charge is -2.26. The molecule has 41 heavy (non-hydrogen) atoms. The minimum Gasteiger partial charge on any atom is -0.491 e. The highest BCUT2D eigenvalue weighted by molar-refractivity contribution is 5.94. The molecule has 1 aliphatic rings. The average molecular weight is 572 g/mol. The van der Waals surface area contributed by atoms with Gasteiger partial charge in [-0.05, 0) is 68.5 Å². The highest BCUT2D eigenvalue weighted by Gasteiger charge is 2.22. The van der Waals surface area contributed by atoms with Gasteiger partial charge in [0.05, 0.1) is 20.3 Å². The molecular weight excluding hydrogens is 526 g/mol. The van der Waals surface area contributed by atoms with E-state index in [2.05, 4.69) is 20.7 Å². The molecule has 2 unspecified atom stereocenters. The first-order valence-electron chi connectivity index (χ1n) is 14.2. The quantitative estimate of drug-likeness (QED) is 0.262. The zero-order valence-corrected chi connectivity index (χ0v) is 24.7. The van der Waals surface area contributed by atoms with E-state index in [1.807, 2.05) is 50.4 Å². The molecule has 2 aromatic rings. The zero-order chi connectivity index (χ0) is 29.5. The molecule has 226 valence electrons. The molecule has 0 bridgehead atoms. The van der Waals surface area contributed by atoms with E-state index in [1.165, 1.54) is 7.11 Å². The molecule has 2 aromatic carbocycles. The molecule has 0 aliphatic carbocycles. The van der Waals surface area contributed by atoms with Gasteiger partial charge in [-0.25, -0.2) is 4.79 Å². The van der Waals surface area contributed by atoms with E-state index in [0.29, 0.717) is 37.0 Å². The molecule has 1 aliphatic heterocycles. The Hall–Kier alpha value is -3.18. The van der Waals surface area contributed by atoms with Crippen molar-refractivity contribution in [3.05, 3.63) is 64.7 Å². The number of alkyl carbamates (subject to hydrolysis) is 1. The van der Waals surface area contributed by atoms with Crippen LogP contribution in [0.1, 0.15) is 52.4 Å². The van der Waals surface area contributed by atoms with Crippen LogP contribution >= 0.6 is 0 Å². The maximum Gasteiger partial charge on any atom is 0.406 e. The van der Waals surface area contributed by atoms with Crippen molar-refractivity contribution in [2.45, 2.75) is 38.3 Å². The summed E-state index contributed by atoms with van der Waals surface area (Å²) in [4.78, 5) is 24.9. The van der Waals surface area contributed by atoms with Crippen molar-refractivity contribution in [2.24, 2.45) is 5.92 Å². The van der Waals surface area contributed by atoms with Gasteiger partial charge < -0.3 is 39.6 Å². The molecule has 3 rings (SSSR count). The van der Waals surface area contributed by atoms with Gasteiger partial charge in [0.15, 0.2) is 0 Å². The third-order valence-corrected chi connectivity index (χ3v) is 7.03. The van der Waals surface area contributed by atoms with Crippen LogP contribution in [0, 0.1) is 12.8 Å². The number of benzene rings is 2. The Balaban J connectivity index is 1.81. The normalized spacial score (nSPS) is 16.4. The number of carbonyl (C=O) groups is 2. The summed E-state index contributed by atoms with van der Waals surface area (Å²) in [6.45, 7) is 5.36. The third-order valence-electron chi connectivity index (χ3n) is 7.03. The van der Waals surface area contributed by atoms with E-state index in [0.717, 1.165) is 49.2 Å². The maximum atomic E-state index is 13.4. The van der Waals surface area contributed by atoms with Crippen LogP contribution in [0.15, 0.2) is 42.5 Å².